The summed E-state index contributed by atoms with van der Waals surface area (Å²) in [7, 11) is 2.03. The Morgan fingerprint density at radius 3 is 2.45 bits per heavy atom. The second-order valence-corrected chi connectivity index (χ2v) is 3.31. The molecule has 0 bridgehead atoms. The van der Waals surface area contributed by atoms with Gasteiger partial charge in [-0.05, 0) is 18.1 Å². The highest BCUT2D eigenvalue weighted by atomic mass is 15.0. The number of rotatable bonds is 2. The monoisotopic (exact) mass is 152 g/mol. The minimum absolute atomic E-state index is 0.162. The van der Waals surface area contributed by atoms with Crippen LogP contribution in [0.1, 0.15) is 25.6 Å². The molecule has 0 saturated carbocycles. The maximum absolute atomic E-state index is 5.96. The number of aryl methyl sites for hydroxylation is 1. The van der Waals surface area contributed by atoms with E-state index in [0.29, 0.717) is 5.92 Å². The summed E-state index contributed by atoms with van der Waals surface area (Å²) in [5, 5.41) is 0. The minimum Gasteiger partial charge on any atom is -0.353 e. The van der Waals surface area contributed by atoms with Crippen LogP contribution in [0.3, 0.4) is 0 Å². The van der Waals surface area contributed by atoms with Crippen molar-refractivity contribution in [2.75, 3.05) is 0 Å². The van der Waals surface area contributed by atoms with E-state index in [1.54, 1.807) is 0 Å². The van der Waals surface area contributed by atoms with Crippen LogP contribution in [-0.2, 0) is 7.05 Å². The van der Waals surface area contributed by atoms with E-state index in [2.05, 4.69) is 24.5 Å². The van der Waals surface area contributed by atoms with Crippen LogP contribution in [0.5, 0.6) is 0 Å². The van der Waals surface area contributed by atoms with Gasteiger partial charge in [0, 0.05) is 25.0 Å². The van der Waals surface area contributed by atoms with E-state index < -0.39 is 0 Å². The number of nitrogens with zero attached hydrogens (tertiary/aromatic N) is 1. The van der Waals surface area contributed by atoms with Crippen molar-refractivity contribution in [3.8, 4) is 0 Å². The summed E-state index contributed by atoms with van der Waals surface area (Å²) in [6.07, 6.45) is 2.03. The molecular weight excluding hydrogens is 136 g/mol. The predicted octanol–water partition coefficient (Wildman–Crippen LogP) is 1.68. The molecule has 1 atom stereocenters. The van der Waals surface area contributed by atoms with Gasteiger partial charge in [0.1, 0.15) is 0 Å². The molecule has 0 spiro atoms. The maximum Gasteiger partial charge on any atom is 0.0473 e. The lowest BCUT2D eigenvalue weighted by Crippen LogP contribution is -2.19. The van der Waals surface area contributed by atoms with Gasteiger partial charge in [0.05, 0.1) is 0 Å². The van der Waals surface area contributed by atoms with E-state index >= 15 is 0 Å². The Balaban J connectivity index is 2.84. The molecule has 0 aliphatic carbocycles. The first kappa shape index (κ1) is 8.34. The van der Waals surface area contributed by atoms with Gasteiger partial charge < -0.3 is 10.3 Å². The average molecular weight is 152 g/mol. The van der Waals surface area contributed by atoms with Gasteiger partial charge in [-0.3, -0.25) is 0 Å². The number of hydrogen-bond acceptors (Lipinski definition) is 1. The zero-order valence-electron chi connectivity index (χ0n) is 7.41. The van der Waals surface area contributed by atoms with Crippen LogP contribution < -0.4 is 5.73 Å². The first-order valence-electron chi connectivity index (χ1n) is 3.99. The van der Waals surface area contributed by atoms with Gasteiger partial charge >= 0.3 is 0 Å². The molecule has 2 nitrogen and oxygen atoms in total. The normalized spacial score (nSPS) is 13.9. The number of hydrogen-bond donors (Lipinski definition) is 1. The zero-order chi connectivity index (χ0) is 8.43. The maximum atomic E-state index is 5.96. The standard InChI is InChI=1S/C9H16N2/c1-7(2)9(10)8-5-4-6-11(8)3/h4-7,9H,10H2,1-3H3. The largest absolute Gasteiger partial charge is 0.353 e. The molecule has 1 aromatic rings. The summed E-state index contributed by atoms with van der Waals surface area (Å²) in [5.74, 6) is 0.503. The molecule has 1 rings (SSSR count). The second-order valence-electron chi connectivity index (χ2n) is 3.31. The van der Waals surface area contributed by atoms with E-state index in [1.165, 1.54) is 5.69 Å². The molecule has 0 aromatic carbocycles. The average Bonchev–Trinajstić information content (AvgIpc) is 2.33. The molecule has 0 radical (unpaired) electrons. The first-order valence-corrected chi connectivity index (χ1v) is 3.99. The summed E-state index contributed by atoms with van der Waals surface area (Å²) < 4.78 is 2.07. The fourth-order valence-electron chi connectivity index (χ4n) is 1.16. The van der Waals surface area contributed by atoms with Gasteiger partial charge in [-0.15, -0.1) is 0 Å². The quantitative estimate of drug-likeness (QED) is 0.686. The van der Waals surface area contributed by atoms with Crippen LogP contribution in [-0.4, -0.2) is 4.57 Å². The second kappa shape index (κ2) is 3.09. The predicted molar refractivity (Wildman–Crippen MR) is 47.2 cm³/mol. The van der Waals surface area contributed by atoms with Crippen molar-refractivity contribution in [3.05, 3.63) is 24.0 Å². The molecule has 1 unspecified atom stereocenters. The van der Waals surface area contributed by atoms with Crippen molar-refractivity contribution in [1.29, 1.82) is 0 Å². The van der Waals surface area contributed by atoms with Gasteiger partial charge in [0.2, 0.25) is 0 Å². The summed E-state index contributed by atoms with van der Waals surface area (Å²) in [5.41, 5.74) is 7.17. The Hall–Kier alpha value is -0.760. The topological polar surface area (TPSA) is 30.9 Å². The molecule has 0 aliphatic rings. The van der Waals surface area contributed by atoms with Crippen LogP contribution in [0, 0.1) is 5.92 Å². The van der Waals surface area contributed by atoms with Gasteiger partial charge in [-0.2, -0.15) is 0 Å². The summed E-state index contributed by atoms with van der Waals surface area (Å²) in [4.78, 5) is 0. The van der Waals surface area contributed by atoms with E-state index in [1.807, 2.05) is 19.3 Å². The third-order valence-electron chi connectivity index (χ3n) is 2.04. The molecule has 0 saturated heterocycles. The Labute approximate surface area is 68.0 Å². The van der Waals surface area contributed by atoms with Crippen LogP contribution in [0.15, 0.2) is 18.3 Å². The van der Waals surface area contributed by atoms with Crippen LogP contribution >= 0.6 is 0 Å². The fraction of sp³-hybridized carbons (Fsp3) is 0.556. The fourth-order valence-corrected chi connectivity index (χ4v) is 1.16. The first-order chi connectivity index (χ1) is 5.13. The van der Waals surface area contributed by atoms with Gasteiger partial charge in [0.15, 0.2) is 0 Å². The molecule has 0 aliphatic heterocycles. The molecule has 2 heteroatoms. The Morgan fingerprint density at radius 1 is 1.45 bits per heavy atom. The van der Waals surface area contributed by atoms with Crippen molar-refractivity contribution >= 4 is 0 Å². The molecular formula is C9H16N2. The third-order valence-corrected chi connectivity index (χ3v) is 2.04. The van der Waals surface area contributed by atoms with Crippen molar-refractivity contribution < 1.29 is 0 Å². The summed E-state index contributed by atoms with van der Waals surface area (Å²) >= 11 is 0. The molecule has 2 N–H and O–H groups in total. The molecule has 1 aromatic heterocycles. The lowest BCUT2D eigenvalue weighted by atomic mass is 10.0. The molecule has 62 valence electrons. The molecule has 0 fully saturated rings. The Kier molecular flexibility index (Phi) is 2.35. The zero-order valence-corrected chi connectivity index (χ0v) is 7.41. The van der Waals surface area contributed by atoms with E-state index in [0.717, 1.165) is 0 Å². The lowest BCUT2D eigenvalue weighted by molar-refractivity contribution is 0.490. The van der Waals surface area contributed by atoms with Crippen molar-refractivity contribution in [2.24, 2.45) is 18.7 Å². The van der Waals surface area contributed by atoms with Gasteiger partial charge in [-0.25, -0.2) is 0 Å². The highest BCUT2D eigenvalue weighted by Crippen LogP contribution is 2.17. The molecule has 11 heavy (non-hydrogen) atoms. The Bertz CT molecular complexity index is 225. The number of nitrogens with two attached hydrogens (primary N) is 1. The van der Waals surface area contributed by atoms with Crippen molar-refractivity contribution in [2.45, 2.75) is 19.9 Å². The van der Waals surface area contributed by atoms with E-state index in [4.69, 9.17) is 5.73 Å². The molecule has 0 amide bonds. The van der Waals surface area contributed by atoms with Crippen LogP contribution in [0.4, 0.5) is 0 Å². The highest BCUT2D eigenvalue weighted by molar-refractivity contribution is 5.11. The van der Waals surface area contributed by atoms with Gasteiger partial charge in [-0.1, -0.05) is 13.8 Å². The lowest BCUT2D eigenvalue weighted by Gasteiger charge is -2.16. The Morgan fingerprint density at radius 2 is 2.09 bits per heavy atom. The third kappa shape index (κ3) is 1.63. The summed E-state index contributed by atoms with van der Waals surface area (Å²) in [6, 6.07) is 4.26. The van der Waals surface area contributed by atoms with Crippen molar-refractivity contribution in [3.63, 3.8) is 0 Å². The smallest absolute Gasteiger partial charge is 0.0473 e. The summed E-state index contributed by atoms with van der Waals surface area (Å²) in [6.45, 7) is 4.27. The van der Waals surface area contributed by atoms with Gasteiger partial charge in [0.25, 0.3) is 0 Å². The highest BCUT2D eigenvalue weighted by Gasteiger charge is 2.11. The SMILES string of the molecule is CC(C)C(N)c1cccn1C. The van der Waals surface area contributed by atoms with E-state index in [9.17, 15) is 0 Å². The van der Waals surface area contributed by atoms with Crippen LogP contribution in [0.2, 0.25) is 0 Å². The van der Waals surface area contributed by atoms with Crippen molar-refractivity contribution in [1.82, 2.24) is 4.57 Å². The molecule has 1 heterocycles. The van der Waals surface area contributed by atoms with Crippen LogP contribution in [0.25, 0.3) is 0 Å². The van der Waals surface area contributed by atoms with E-state index in [-0.39, 0.29) is 6.04 Å². The minimum atomic E-state index is 0.162. The number of aromatic nitrogens is 1.